The molecule has 0 aliphatic heterocycles. The van der Waals surface area contributed by atoms with Gasteiger partial charge in [-0.2, -0.15) is 0 Å². The highest BCUT2D eigenvalue weighted by atomic mass is 32.2. The van der Waals surface area contributed by atoms with Crippen molar-refractivity contribution < 1.29 is 22.9 Å². The molecule has 2 amide bonds. The predicted octanol–water partition coefficient (Wildman–Crippen LogP) is 2.04. The summed E-state index contributed by atoms with van der Waals surface area (Å²) in [6.45, 7) is 2.70. The molecule has 10 nitrogen and oxygen atoms in total. The first kappa shape index (κ1) is 22.8. The van der Waals surface area contributed by atoms with Crippen molar-refractivity contribution in [1.29, 1.82) is 0 Å². The van der Waals surface area contributed by atoms with Crippen LogP contribution in [0.15, 0.2) is 53.4 Å². The normalized spacial score (nSPS) is 10.8. The van der Waals surface area contributed by atoms with E-state index in [-0.39, 0.29) is 35.1 Å². The number of nitrogens with zero attached hydrogens (tertiary/aromatic N) is 1. The number of rotatable bonds is 10. The van der Waals surface area contributed by atoms with E-state index in [2.05, 4.69) is 15.4 Å². The van der Waals surface area contributed by atoms with Gasteiger partial charge >= 0.3 is 0 Å². The number of carbonyl (C=O) groups is 2. The van der Waals surface area contributed by atoms with Crippen LogP contribution in [0.2, 0.25) is 0 Å². The van der Waals surface area contributed by atoms with E-state index >= 15 is 0 Å². The lowest BCUT2D eigenvalue weighted by atomic mass is 10.2. The number of sulfonamides is 1. The molecule has 0 saturated carbocycles. The zero-order valence-electron chi connectivity index (χ0n) is 16.3. The smallest absolute Gasteiger partial charge is 0.270 e. The van der Waals surface area contributed by atoms with Crippen molar-refractivity contribution in [1.82, 2.24) is 10.6 Å². The van der Waals surface area contributed by atoms with E-state index in [4.69, 9.17) is 0 Å². The van der Waals surface area contributed by atoms with Crippen LogP contribution >= 0.6 is 0 Å². The maximum Gasteiger partial charge on any atom is 0.270 e. The molecule has 0 radical (unpaired) electrons. The van der Waals surface area contributed by atoms with Crippen LogP contribution in [0.3, 0.4) is 0 Å². The molecule has 0 bridgehead atoms. The Bertz CT molecular complexity index is 1020. The molecular weight excluding hydrogens is 412 g/mol. The molecule has 0 atom stereocenters. The minimum absolute atomic E-state index is 0.150. The number of non-ortho nitro benzene ring substituents is 1. The highest BCUT2D eigenvalue weighted by Crippen LogP contribution is 2.20. The molecule has 0 aromatic heterocycles. The molecule has 2 aromatic carbocycles. The standard InChI is InChI=1S/C19H22N4O6S/c1-2-11-20-18(24)10-12-21-19(25)14-6-8-15(9-7-14)22-30(28,29)17-5-3-4-16(13-17)23(26)27/h3-9,13,22H,2,10-12H2,1H3,(H,20,24)(H,21,25). The Hall–Kier alpha value is -3.47. The van der Waals surface area contributed by atoms with E-state index in [1.165, 1.54) is 42.5 Å². The van der Waals surface area contributed by atoms with Gasteiger partial charge in [0, 0.05) is 42.9 Å². The zero-order chi connectivity index (χ0) is 22.1. The number of hydrogen-bond donors (Lipinski definition) is 3. The van der Waals surface area contributed by atoms with Gasteiger partial charge in [0.2, 0.25) is 5.91 Å². The number of hydrogen-bond acceptors (Lipinski definition) is 6. The topological polar surface area (TPSA) is 148 Å². The van der Waals surface area contributed by atoms with Crippen LogP contribution in [-0.4, -0.2) is 38.2 Å². The summed E-state index contributed by atoms with van der Waals surface area (Å²) in [6.07, 6.45) is 0.988. The minimum Gasteiger partial charge on any atom is -0.356 e. The van der Waals surface area contributed by atoms with Gasteiger partial charge in [-0.25, -0.2) is 8.42 Å². The Morgan fingerprint density at radius 2 is 1.73 bits per heavy atom. The van der Waals surface area contributed by atoms with E-state index in [9.17, 15) is 28.1 Å². The molecule has 0 aliphatic rings. The summed E-state index contributed by atoms with van der Waals surface area (Å²) >= 11 is 0. The molecule has 3 N–H and O–H groups in total. The van der Waals surface area contributed by atoms with Crippen molar-refractivity contribution in [2.45, 2.75) is 24.7 Å². The quantitative estimate of drug-likeness (QED) is 0.385. The first-order valence-corrected chi connectivity index (χ1v) is 10.6. The van der Waals surface area contributed by atoms with E-state index in [1.54, 1.807) is 0 Å². The molecule has 0 fully saturated rings. The van der Waals surface area contributed by atoms with Crippen LogP contribution < -0.4 is 15.4 Å². The number of nitro groups is 1. The molecule has 0 saturated heterocycles. The molecule has 11 heteroatoms. The fourth-order valence-electron chi connectivity index (χ4n) is 2.41. The average molecular weight is 434 g/mol. The van der Waals surface area contributed by atoms with E-state index < -0.39 is 20.9 Å². The fraction of sp³-hybridized carbons (Fsp3) is 0.263. The third-order valence-corrected chi connectivity index (χ3v) is 5.33. The lowest BCUT2D eigenvalue weighted by Gasteiger charge is -2.09. The van der Waals surface area contributed by atoms with Crippen molar-refractivity contribution in [2.24, 2.45) is 0 Å². The van der Waals surface area contributed by atoms with Gasteiger partial charge in [0.25, 0.3) is 21.6 Å². The van der Waals surface area contributed by atoms with Crippen LogP contribution in [0.1, 0.15) is 30.1 Å². The van der Waals surface area contributed by atoms with Crippen molar-refractivity contribution in [3.05, 3.63) is 64.2 Å². The second-order valence-electron chi connectivity index (χ2n) is 6.29. The SMILES string of the molecule is CCCNC(=O)CCNC(=O)c1ccc(NS(=O)(=O)c2cccc([N+](=O)[O-])c2)cc1. The molecule has 160 valence electrons. The Kier molecular flexibility index (Phi) is 7.87. The zero-order valence-corrected chi connectivity index (χ0v) is 17.1. The van der Waals surface area contributed by atoms with Gasteiger partial charge in [-0.3, -0.25) is 24.4 Å². The van der Waals surface area contributed by atoms with Gasteiger partial charge in [0.15, 0.2) is 0 Å². The molecular formula is C19H22N4O6S. The van der Waals surface area contributed by atoms with Crippen LogP contribution in [0.25, 0.3) is 0 Å². The van der Waals surface area contributed by atoms with Crippen molar-refractivity contribution in [3.63, 3.8) is 0 Å². The number of anilines is 1. The van der Waals surface area contributed by atoms with Crippen LogP contribution in [0.5, 0.6) is 0 Å². The largest absolute Gasteiger partial charge is 0.356 e. The number of nitrogens with one attached hydrogen (secondary N) is 3. The molecule has 0 spiro atoms. The third kappa shape index (κ3) is 6.55. The van der Waals surface area contributed by atoms with E-state index in [0.717, 1.165) is 12.5 Å². The molecule has 2 aromatic rings. The predicted molar refractivity (Wildman–Crippen MR) is 111 cm³/mol. The second kappa shape index (κ2) is 10.3. The molecule has 30 heavy (non-hydrogen) atoms. The third-order valence-electron chi connectivity index (χ3n) is 3.95. The Morgan fingerprint density at radius 1 is 1.03 bits per heavy atom. The van der Waals surface area contributed by atoms with Crippen LogP contribution in [0, 0.1) is 10.1 Å². The fourth-order valence-corrected chi connectivity index (χ4v) is 3.51. The van der Waals surface area contributed by atoms with Gasteiger partial charge in [-0.15, -0.1) is 0 Å². The van der Waals surface area contributed by atoms with Gasteiger partial charge < -0.3 is 10.6 Å². The first-order chi connectivity index (χ1) is 14.2. The lowest BCUT2D eigenvalue weighted by molar-refractivity contribution is -0.385. The molecule has 0 aliphatic carbocycles. The summed E-state index contributed by atoms with van der Waals surface area (Å²) in [7, 11) is -4.03. The molecule has 0 unspecified atom stereocenters. The summed E-state index contributed by atoms with van der Waals surface area (Å²) in [4.78, 5) is 33.5. The van der Waals surface area contributed by atoms with E-state index in [0.29, 0.717) is 12.1 Å². The van der Waals surface area contributed by atoms with Gasteiger partial charge in [-0.05, 0) is 36.8 Å². The van der Waals surface area contributed by atoms with E-state index in [1.807, 2.05) is 6.92 Å². The van der Waals surface area contributed by atoms with Crippen molar-refractivity contribution in [3.8, 4) is 0 Å². The summed E-state index contributed by atoms with van der Waals surface area (Å²) < 4.78 is 27.2. The Morgan fingerprint density at radius 3 is 2.37 bits per heavy atom. The van der Waals surface area contributed by atoms with Gasteiger partial charge in [0.05, 0.1) is 9.82 Å². The minimum atomic E-state index is -4.03. The van der Waals surface area contributed by atoms with Crippen LogP contribution in [-0.2, 0) is 14.8 Å². The maximum atomic E-state index is 12.4. The van der Waals surface area contributed by atoms with Gasteiger partial charge in [-0.1, -0.05) is 13.0 Å². The highest BCUT2D eigenvalue weighted by molar-refractivity contribution is 7.92. The highest BCUT2D eigenvalue weighted by Gasteiger charge is 2.18. The summed E-state index contributed by atoms with van der Waals surface area (Å²) in [5.74, 6) is -0.547. The lowest BCUT2D eigenvalue weighted by Crippen LogP contribution is -2.31. The Balaban J connectivity index is 1.97. The molecule has 2 rings (SSSR count). The van der Waals surface area contributed by atoms with Crippen LogP contribution in [0.4, 0.5) is 11.4 Å². The summed E-state index contributed by atoms with van der Waals surface area (Å²) in [6, 6.07) is 10.3. The average Bonchev–Trinajstić information content (AvgIpc) is 2.72. The second-order valence-corrected chi connectivity index (χ2v) is 7.98. The monoisotopic (exact) mass is 434 g/mol. The summed E-state index contributed by atoms with van der Waals surface area (Å²) in [5, 5.41) is 16.1. The Labute approximate surface area is 173 Å². The number of carbonyl (C=O) groups excluding carboxylic acids is 2. The van der Waals surface area contributed by atoms with Gasteiger partial charge in [0.1, 0.15) is 0 Å². The summed E-state index contributed by atoms with van der Waals surface area (Å²) in [5.41, 5.74) is 0.146. The van der Waals surface area contributed by atoms with Crippen molar-refractivity contribution >= 4 is 33.2 Å². The number of benzene rings is 2. The number of nitro benzene ring substituents is 1. The first-order valence-electron chi connectivity index (χ1n) is 9.15. The van der Waals surface area contributed by atoms with Crippen molar-refractivity contribution in [2.75, 3.05) is 17.8 Å². The number of amides is 2. The molecule has 0 heterocycles. The maximum absolute atomic E-state index is 12.4.